The molecule has 1 heteroatoms. The fourth-order valence-corrected chi connectivity index (χ4v) is 2.18. The highest BCUT2D eigenvalue weighted by Gasteiger charge is 2.33. The Balaban J connectivity index is 2.14. The number of hydrogen-bond donors (Lipinski definition) is 0. The average Bonchev–Trinajstić information content (AvgIpc) is 2.25. The molecule has 2 bridgehead atoms. The minimum absolute atomic E-state index is 0.490. The van der Waals surface area contributed by atoms with Gasteiger partial charge in [-0.3, -0.25) is 4.79 Å². The van der Waals surface area contributed by atoms with Crippen LogP contribution in [0.2, 0.25) is 0 Å². The normalized spacial score (nSPS) is 41.6. The van der Waals surface area contributed by atoms with Crippen LogP contribution in [0.15, 0.2) is 0 Å². The standard InChI is InChI=1S/C8H12O/c9-8-4-2-6-1-3-7(8)5-6/h6-7H,1-5H2/t6?,7-/m0/s1. The van der Waals surface area contributed by atoms with Crippen LogP contribution in [0.1, 0.15) is 32.1 Å². The Labute approximate surface area is 55.4 Å². The first-order valence-corrected chi connectivity index (χ1v) is 3.89. The molecule has 0 amide bonds. The summed E-state index contributed by atoms with van der Waals surface area (Å²) in [7, 11) is 0. The summed E-state index contributed by atoms with van der Waals surface area (Å²) in [4.78, 5) is 11.1. The molecule has 2 fully saturated rings. The lowest BCUT2D eigenvalue weighted by atomic mass is 9.88. The Hall–Kier alpha value is -0.330. The fraction of sp³-hybridized carbons (Fsp3) is 0.875. The van der Waals surface area contributed by atoms with E-state index in [1.54, 1.807) is 0 Å². The molecule has 1 nitrogen and oxygen atoms in total. The summed E-state index contributed by atoms with van der Waals surface area (Å²) in [6, 6.07) is 0. The first-order chi connectivity index (χ1) is 4.36. The van der Waals surface area contributed by atoms with Gasteiger partial charge in [0, 0.05) is 12.3 Å². The molecule has 0 heterocycles. The molecule has 2 saturated carbocycles. The van der Waals surface area contributed by atoms with Crippen LogP contribution in [0.25, 0.3) is 0 Å². The largest absolute Gasteiger partial charge is 0.299 e. The minimum Gasteiger partial charge on any atom is -0.299 e. The zero-order valence-electron chi connectivity index (χ0n) is 5.60. The average molecular weight is 124 g/mol. The smallest absolute Gasteiger partial charge is 0.135 e. The highest BCUT2D eigenvalue weighted by Crippen LogP contribution is 2.39. The summed E-state index contributed by atoms with van der Waals surface area (Å²) in [6.45, 7) is 0. The molecule has 0 aliphatic heterocycles. The van der Waals surface area contributed by atoms with Gasteiger partial charge in [0.05, 0.1) is 0 Å². The van der Waals surface area contributed by atoms with E-state index in [1.165, 1.54) is 25.7 Å². The van der Waals surface area contributed by atoms with Crippen LogP contribution in [-0.2, 0) is 4.79 Å². The molecule has 0 radical (unpaired) electrons. The van der Waals surface area contributed by atoms with Crippen LogP contribution >= 0.6 is 0 Å². The molecule has 0 aromatic rings. The molecule has 2 atom stereocenters. The van der Waals surface area contributed by atoms with Gasteiger partial charge in [-0.05, 0) is 31.6 Å². The second-order valence-corrected chi connectivity index (χ2v) is 3.38. The Kier molecular flexibility index (Phi) is 1.11. The molecule has 2 aliphatic rings. The van der Waals surface area contributed by atoms with Crippen molar-refractivity contribution in [3.8, 4) is 0 Å². The van der Waals surface area contributed by atoms with E-state index in [9.17, 15) is 4.79 Å². The molecule has 1 unspecified atom stereocenters. The van der Waals surface area contributed by atoms with Crippen LogP contribution in [-0.4, -0.2) is 5.78 Å². The fourth-order valence-electron chi connectivity index (χ4n) is 2.18. The van der Waals surface area contributed by atoms with Gasteiger partial charge in [-0.2, -0.15) is 0 Å². The Bertz CT molecular complexity index is 140. The highest BCUT2D eigenvalue weighted by atomic mass is 16.1. The van der Waals surface area contributed by atoms with E-state index in [1.807, 2.05) is 0 Å². The van der Waals surface area contributed by atoms with Crippen LogP contribution in [0.4, 0.5) is 0 Å². The van der Waals surface area contributed by atoms with Gasteiger partial charge in [-0.15, -0.1) is 0 Å². The van der Waals surface area contributed by atoms with Crippen LogP contribution in [0.5, 0.6) is 0 Å². The molecule has 0 saturated heterocycles. The Morgan fingerprint density at radius 2 is 2.11 bits per heavy atom. The summed E-state index contributed by atoms with van der Waals surface area (Å²) in [6.07, 6.45) is 5.82. The van der Waals surface area contributed by atoms with Gasteiger partial charge in [0.15, 0.2) is 0 Å². The molecule has 2 rings (SSSR count). The quantitative estimate of drug-likeness (QED) is 0.481. The lowest BCUT2D eigenvalue weighted by Crippen LogP contribution is -2.16. The maximum Gasteiger partial charge on any atom is 0.135 e. The first kappa shape index (κ1) is 5.45. The van der Waals surface area contributed by atoms with Crippen molar-refractivity contribution in [2.45, 2.75) is 32.1 Å². The maximum atomic E-state index is 11.1. The Morgan fingerprint density at radius 1 is 1.22 bits per heavy atom. The van der Waals surface area contributed by atoms with E-state index in [-0.39, 0.29) is 0 Å². The molecule has 50 valence electrons. The highest BCUT2D eigenvalue weighted by molar-refractivity contribution is 5.82. The van der Waals surface area contributed by atoms with Gasteiger partial charge in [-0.25, -0.2) is 0 Å². The predicted octanol–water partition coefficient (Wildman–Crippen LogP) is 1.77. The van der Waals surface area contributed by atoms with Crippen molar-refractivity contribution < 1.29 is 4.79 Å². The van der Waals surface area contributed by atoms with Crippen LogP contribution in [0, 0.1) is 11.8 Å². The third-order valence-corrected chi connectivity index (χ3v) is 2.80. The SMILES string of the molecule is O=C1CCC2CC[C@H]1C2. The second-order valence-electron chi connectivity index (χ2n) is 3.38. The molecular formula is C8H12O. The molecule has 0 spiro atoms. The van der Waals surface area contributed by atoms with E-state index in [0.29, 0.717) is 11.7 Å². The topological polar surface area (TPSA) is 17.1 Å². The molecule has 0 aromatic carbocycles. The monoisotopic (exact) mass is 124 g/mol. The van der Waals surface area contributed by atoms with Crippen LogP contribution in [0.3, 0.4) is 0 Å². The van der Waals surface area contributed by atoms with Gasteiger partial charge in [0.25, 0.3) is 0 Å². The van der Waals surface area contributed by atoms with Gasteiger partial charge < -0.3 is 0 Å². The lowest BCUT2D eigenvalue weighted by Gasteiger charge is -2.15. The van der Waals surface area contributed by atoms with E-state index < -0.39 is 0 Å². The van der Waals surface area contributed by atoms with Crippen molar-refractivity contribution in [1.82, 2.24) is 0 Å². The molecule has 0 aromatic heterocycles. The van der Waals surface area contributed by atoms with E-state index in [0.717, 1.165) is 12.3 Å². The van der Waals surface area contributed by atoms with Crippen molar-refractivity contribution in [3.05, 3.63) is 0 Å². The zero-order valence-corrected chi connectivity index (χ0v) is 5.60. The third kappa shape index (κ3) is 0.790. The van der Waals surface area contributed by atoms with Crippen molar-refractivity contribution >= 4 is 5.78 Å². The van der Waals surface area contributed by atoms with E-state index in [2.05, 4.69) is 0 Å². The molecule has 0 N–H and O–H groups in total. The molecule has 9 heavy (non-hydrogen) atoms. The summed E-state index contributed by atoms with van der Waals surface area (Å²) >= 11 is 0. The van der Waals surface area contributed by atoms with Gasteiger partial charge in [0.2, 0.25) is 0 Å². The molecule has 2 aliphatic carbocycles. The number of carbonyl (C=O) groups excluding carboxylic acids is 1. The summed E-state index contributed by atoms with van der Waals surface area (Å²) in [5, 5.41) is 0. The van der Waals surface area contributed by atoms with Crippen molar-refractivity contribution in [2.24, 2.45) is 11.8 Å². The number of carbonyl (C=O) groups is 1. The van der Waals surface area contributed by atoms with Crippen LogP contribution < -0.4 is 0 Å². The van der Waals surface area contributed by atoms with Crippen molar-refractivity contribution in [2.75, 3.05) is 0 Å². The summed E-state index contributed by atoms with van der Waals surface area (Å²) in [5.74, 6) is 1.96. The lowest BCUT2D eigenvalue weighted by molar-refractivity contribution is -0.124. The van der Waals surface area contributed by atoms with E-state index in [4.69, 9.17) is 0 Å². The third-order valence-electron chi connectivity index (χ3n) is 2.80. The van der Waals surface area contributed by atoms with Gasteiger partial charge in [-0.1, -0.05) is 0 Å². The summed E-state index contributed by atoms with van der Waals surface area (Å²) in [5.41, 5.74) is 0. The second kappa shape index (κ2) is 1.83. The number of fused-ring (bicyclic) bond motifs is 2. The van der Waals surface area contributed by atoms with Crippen molar-refractivity contribution in [3.63, 3.8) is 0 Å². The van der Waals surface area contributed by atoms with Crippen molar-refractivity contribution in [1.29, 1.82) is 0 Å². The first-order valence-electron chi connectivity index (χ1n) is 3.89. The maximum absolute atomic E-state index is 11.1. The number of ketones is 1. The predicted molar refractivity (Wildman–Crippen MR) is 35.1 cm³/mol. The van der Waals surface area contributed by atoms with Gasteiger partial charge >= 0.3 is 0 Å². The number of Topliss-reactive ketones (excluding diaryl/α,β-unsaturated/α-hetero) is 1. The zero-order chi connectivity index (χ0) is 6.27. The van der Waals surface area contributed by atoms with E-state index >= 15 is 0 Å². The minimum atomic E-state index is 0.490. The Morgan fingerprint density at radius 3 is 2.89 bits per heavy atom. The summed E-state index contributed by atoms with van der Waals surface area (Å²) < 4.78 is 0. The molecular weight excluding hydrogens is 112 g/mol. The van der Waals surface area contributed by atoms with Gasteiger partial charge in [0.1, 0.15) is 5.78 Å². The number of rotatable bonds is 0. The number of hydrogen-bond acceptors (Lipinski definition) is 1.